The van der Waals surface area contributed by atoms with Crippen molar-refractivity contribution < 1.29 is 4.43 Å². The Bertz CT molecular complexity index is 185. The van der Waals surface area contributed by atoms with E-state index in [1.165, 1.54) is 0 Å². The van der Waals surface area contributed by atoms with E-state index in [2.05, 4.69) is 45.4 Å². The lowest BCUT2D eigenvalue weighted by Gasteiger charge is -2.24. The molecule has 3 heteroatoms. The van der Waals surface area contributed by atoms with Crippen molar-refractivity contribution in [2.45, 2.75) is 39.9 Å². The minimum Gasteiger partial charge on any atom is -0.416 e. The van der Waals surface area contributed by atoms with Crippen molar-refractivity contribution in [2.24, 2.45) is 5.41 Å². The monoisotopic (exact) mass is 229 g/mol. The van der Waals surface area contributed by atoms with E-state index in [-0.39, 0.29) is 0 Å². The molecular formula is C12H27NOSi. The SMILES string of the molecule is C=CCC(C)(C)CNCCO[Si](C)(C)C. The second-order valence-electron chi connectivity index (χ2n) is 5.79. The van der Waals surface area contributed by atoms with Crippen LogP contribution in [0.1, 0.15) is 20.3 Å². The largest absolute Gasteiger partial charge is 0.416 e. The third-order valence-corrected chi connectivity index (χ3v) is 3.18. The molecular weight excluding hydrogens is 202 g/mol. The molecule has 0 bridgehead atoms. The van der Waals surface area contributed by atoms with Crippen molar-refractivity contribution in [1.82, 2.24) is 5.32 Å². The smallest absolute Gasteiger partial charge is 0.183 e. The highest BCUT2D eigenvalue weighted by Gasteiger charge is 2.16. The zero-order valence-electron chi connectivity index (χ0n) is 11.0. The molecule has 0 aromatic rings. The Morgan fingerprint density at radius 1 is 1.33 bits per heavy atom. The van der Waals surface area contributed by atoms with E-state index in [4.69, 9.17) is 4.43 Å². The molecule has 0 fully saturated rings. The summed E-state index contributed by atoms with van der Waals surface area (Å²) in [6.07, 6.45) is 3.04. The van der Waals surface area contributed by atoms with Gasteiger partial charge in [0.2, 0.25) is 0 Å². The van der Waals surface area contributed by atoms with E-state index in [0.717, 1.165) is 26.1 Å². The van der Waals surface area contributed by atoms with E-state index >= 15 is 0 Å². The normalized spacial score (nSPS) is 12.9. The lowest BCUT2D eigenvalue weighted by atomic mass is 9.89. The number of hydrogen-bond donors (Lipinski definition) is 1. The van der Waals surface area contributed by atoms with E-state index in [1.807, 2.05) is 6.08 Å². The molecule has 0 amide bonds. The topological polar surface area (TPSA) is 21.3 Å². The van der Waals surface area contributed by atoms with Gasteiger partial charge in [0.25, 0.3) is 0 Å². The van der Waals surface area contributed by atoms with Crippen molar-refractivity contribution in [3.63, 3.8) is 0 Å². The van der Waals surface area contributed by atoms with Gasteiger partial charge in [-0.2, -0.15) is 0 Å². The van der Waals surface area contributed by atoms with Gasteiger partial charge in [0.15, 0.2) is 8.32 Å². The van der Waals surface area contributed by atoms with Crippen molar-refractivity contribution in [3.05, 3.63) is 12.7 Å². The molecule has 0 rings (SSSR count). The maximum Gasteiger partial charge on any atom is 0.183 e. The number of allylic oxidation sites excluding steroid dienone is 1. The van der Waals surface area contributed by atoms with Gasteiger partial charge >= 0.3 is 0 Å². The second-order valence-corrected chi connectivity index (χ2v) is 10.3. The van der Waals surface area contributed by atoms with Crippen LogP contribution in [0.2, 0.25) is 19.6 Å². The average Bonchev–Trinajstić information content (AvgIpc) is 2.00. The van der Waals surface area contributed by atoms with Crippen LogP contribution < -0.4 is 5.32 Å². The van der Waals surface area contributed by atoms with Gasteiger partial charge in [-0.3, -0.25) is 0 Å². The predicted octanol–water partition coefficient (Wildman–Crippen LogP) is 3.03. The van der Waals surface area contributed by atoms with Crippen LogP contribution in [0.4, 0.5) is 0 Å². The summed E-state index contributed by atoms with van der Waals surface area (Å²) in [7, 11) is -1.32. The molecule has 0 spiro atoms. The fraction of sp³-hybridized carbons (Fsp3) is 0.833. The summed E-state index contributed by atoms with van der Waals surface area (Å²) in [5, 5.41) is 3.43. The van der Waals surface area contributed by atoms with Gasteiger partial charge < -0.3 is 9.74 Å². The van der Waals surface area contributed by atoms with E-state index < -0.39 is 8.32 Å². The van der Waals surface area contributed by atoms with Crippen LogP contribution in [0.15, 0.2) is 12.7 Å². The highest BCUT2D eigenvalue weighted by molar-refractivity contribution is 6.69. The lowest BCUT2D eigenvalue weighted by molar-refractivity contribution is 0.285. The number of nitrogens with one attached hydrogen (secondary N) is 1. The summed E-state index contributed by atoms with van der Waals surface area (Å²) >= 11 is 0. The first-order valence-electron chi connectivity index (χ1n) is 5.72. The first kappa shape index (κ1) is 14.9. The molecule has 0 aromatic carbocycles. The van der Waals surface area contributed by atoms with Crippen molar-refractivity contribution >= 4 is 8.32 Å². The Balaban J connectivity index is 3.50. The van der Waals surface area contributed by atoms with Gasteiger partial charge in [-0.1, -0.05) is 19.9 Å². The summed E-state index contributed by atoms with van der Waals surface area (Å²) in [6.45, 7) is 17.7. The molecule has 0 saturated carbocycles. The maximum absolute atomic E-state index is 5.76. The molecule has 0 atom stereocenters. The molecule has 15 heavy (non-hydrogen) atoms. The van der Waals surface area contributed by atoms with Crippen LogP contribution in [-0.4, -0.2) is 28.0 Å². The van der Waals surface area contributed by atoms with Gasteiger partial charge in [0, 0.05) is 19.7 Å². The molecule has 0 aliphatic carbocycles. The minimum atomic E-state index is -1.32. The van der Waals surface area contributed by atoms with Crippen LogP contribution in [0.3, 0.4) is 0 Å². The fourth-order valence-corrected chi connectivity index (χ4v) is 2.03. The Morgan fingerprint density at radius 2 is 1.93 bits per heavy atom. The number of hydrogen-bond acceptors (Lipinski definition) is 2. The Labute approximate surface area is 96.2 Å². The first-order chi connectivity index (χ1) is 6.77. The number of rotatable bonds is 8. The summed E-state index contributed by atoms with van der Waals surface area (Å²) in [5.41, 5.74) is 0.306. The van der Waals surface area contributed by atoms with Crippen LogP contribution in [0, 0.1) is 5.41 Å². The third-order valence-electron chi connectivity index (χ3n) is 2.11. The molecule has 1 N–H and O–H groups in total. The summed E-state index contributed by atoms with van der Waals surface area (Å²) < 4.78 is 5.76. The standard InChI is InChI=1S/C12H27NOSi/c1-7-8-12(2,3)11-13-9-10-14-15(4,5)6/h7,13H,1,8-11H2,2-6H3. The highest BCUT2D eigenvalue weighted by atomic mass is 28.4. The Morgan fingerprint density at radius 3 is 2.40 bits per heavy atom. The molecule has 90 valence electrons. The third kappa shape index (κ3) is 10.2. The molecule has 0 aliphatic heterocycles. The van der Waals surface area contributed by atoms with E-state index in [9.17, 15) is 0 Å². The quantitative estimate of drug-likeness (QED) is 0.392. The van der Waals surface area contributed by atoms with Gasteiger partial charge in [-0.25, -0.2) is 0 Å². The van der Waals surface area contributed by atoms with Gasteiger partial charge in [0.1, 0.15) is 0 Å². The molecule has 0 saturated heterocycles. The van der Waals surface area contributed by atoms with Gasteiger partial charge in [-0.15, -0.1) is 6.58 Å². The zero-order valence-corrected chi connectivity index (χ0v) is 12.0. The Hall–Kier alpha value is -0.123. The van der Waals surface area contributed by atoms with E-state index in [1.54, 1.807) is 0 Å². The Kier molecular flexibility index (Phi) is 6.40. The molecule has 0 radical (unpaired) electrons. The highest BCUT2D eigenvalue weighted by Crippen LogP contribution is 2.18. The zero-order chi connectivity index (χ0) is 11.9. The van der Waals surface area contributed by atoms with Gasteiger partial charge in [-0.05, 0) is 31.5 Å². The summed E-state index contributed by atoms with van der Waals surface area (Å²) in [4.78, 5) is 0. The maximum atomic E-state index is 5.76. The summed E-state index contributed by atoms with van der Waals surface area (Å²) in [6, 6.07) is 0. The van der Waals surface area contributed by atoms with Crippen LogP contribution in [0.5, 0.6) is 0 Å². The minimum absolute atomic E-state index is 0.306. The predicted molar refractivity (Wildman–Crippen MR) is 70.8 cm³/mol. The fourth-order valence-electron chi connectivity index (χ4n) is 1.32. The first-order valence-corrected chi connectivity index (χ1v) is 9.13. The van der Waals surface area contributed by atoms with Crippen molar-refractivity contribution in [2.75, 3.05) is 19.7 Å². The molecule has 2 nitrogen and oxygen atoms in total. The average molecular weight is 229 g/mol. The van der Waals surface area contributed by atoms with Crippen LogP contribution in [-0.2, 0) is 4.43 Å². The van der Waals surface area contributed by atoms with Crippen LogP contribution >= 0.6 is 0 Å². The molecule has 0 heterocycles. The van der Waals surface area contributed by atoms with Gasteiger partial charge in [0.05, 0.1) is 0 Å². The van der Waals surface area contributed by atoms with Crippen LogP contribution in [0.25, 0.3) is 0 Å². The van der Waals surface area contributed by atoms with Crippen molar-refractivity contribution in [1.29, 1.82) is 0 Å². The van der Waals surface area contributed by atoms with E-state index in [0.29, 0.717) is 5.41 Å². The lowest BCUT2D eigenvalue weighted by Crippen LogP contribution is -2.34. The molecule has 0 aromatic heterocycles. The van der Waals surface area contributed by atoms with Crippen molar-refractivity contribution in [3.8, 4) is 0 Å². The molecule has 0 aliphatic rings. The summed E-state index contributed by atoms with van der Waals surface area (Å²) in [5.74, 6) is 0. The molecule has 0 unspecified atom stereocenters. The second kappa shape index (κ2) is 6.46.